The van der Waals surface area contributed by atoms with E-state index in [-0.39, 0.29) is 47.0 Å². The summed E-state index contributed by atoms with van der Waals surface area (Å²) >= 11 is 6.29. The van der Waals surface area contributed by atoms with Crippen LogP contribution in [0.5, 0.6) is 17.6 Å². The van der Waals surface area contributed by atoms with E-state index in [2.05, 4.69) is 32.1 Å². The molecule has 14 heteroatoms. The molecule has 4 aromatic rings. The minimum Gasteiger partial charge on any atom is -0.463 e. The highest BCUT2D eigenvalue weighted by atomic mass is 35.5. The summed E-state index contributed by atoms with van der Waals surface area (Å²) in [6, 6.07) is 3.06. The van der Waals surface area contributed by atoms with Gasteiger partial charge in [0.25, 0.3) is 0 Å². The van der Waals surface area contributed by atoms with Crippen molar-refractivity contribution in [3.05, 3.63) is 48.0 Å². The van der Waals surface area contributed by atoms with Gasteiger partial charge in [0.1, 0.15) is 22.2 Å². The number of benzene rings is 1. The molecule has 3 aromatic heterocycles. The quantitative estimate of drug-likeness (QED) is 0.323. The van der Waals surface area contributed by atoms with Gasteiger partial charge in [0, 0.05) is 57.3 Å². The van der Waals surface area contributed by atoms with Crippen molar-refractivity contribution in [3.8, 4) is 17.6 Å². The predicted octanol–water partition coefficient (Wildman–Crippen LogP) is 2.84. The SMILES string of the molecule is C=CC(=O)N1CCN(c2nc(OCC3CNC(=O)C3)nc3c(Oc4c(Cl)c(F)cc5[nH]ncc45)nccc23)CC1. The first-order chi connectivity index (χ1) is 19.4. The normalized spacial score (nSPS) is 17.4. The number of aromatic amines is 1. The number of piperazine rings is 1. The summed E-state index contributed by atoms with van der Waals surface area (Å²) in [6.45, 7) is 6.28. The molecule has 1 unspecified atom stereocenters. The summed E-state index contributed by atoms with van der Waals surface area (Å²) in [5.41, 5.74) is 0.729. The fraction of sp³-hybridized carbons (Fsp3) is 0.308. The standard InChI is InChI=1S/C26H24ClFN8O4/c1-2-20(38)35-5-7-36(8-6-35)24-15-3-4-29-25(40-23-16-12-31-34-18(16)10-17(28)21(23)27)22(15)32-26(33-24)39-13-14-9-19(37)30-11-14/h2-4,10,12,14H,1,5-9,11,13H2,(H,30,37)(H,31,34). The van der Waals surface area contributed by atoms with Crippen LogP contribution in [-0.4, -0.2) is 81.2 Å². The number of amides is 2. The molecular formula is C26H24ClFN8O4. The highest BCUT2D eigenvalue weighted by molar-refractivity contribution is 6.33. The van der Waals surface area contributed by atoms with Gasteiger partial charge in [-0.1, -0.05) is 18.2 Å². The molecule has 0 aliphatic carbocycles. The van der Waals surface area contributed by atoms with Crippen molar-refractivity contribution in [2.75, 3.05) is 44.2 Å². The number of carbonyl (C=O) groups is 2. The third-order valence-corrected chi connectivity index (χ3v) is 7.26. The Morgan fingerprint density at radius 1 is 1.25 bits per heavy atom. The summed E-state index contributed by atoms with van der Waals surface area (Å²) in [5.74, 6) is -0.184. The summed E-state index contributed by atoms with van der Waals surface area (Å²) in [5, 5.41) is 10.3. The summed E-state index contributed by atoms with van der Waals surface area (Å²) in [4.78, 5) is 41.1. The molecule has 5 heterocycles. The molecule has 206 valence electrons. The first-order valence-corrected chi connectivity index (χ1v) is 13.0. The second-order valence-corrected chi connectivity index (χ2v) is 9.86. The molecule has 0 saturated carbocycles. The van der Waals surface area contributed by atoms with Gasteiger partial charge in [-0.05, 0) is 12.1 Å². The number of anilines is 1. The van der Waals surface area contributed by atoms with E-state index in [1.165, 1.54) is 24.5 Å². The van der Waals surface area contributed by atoms with Gasteiger partial charge in [0.15, 0.2) is 5.75 Å². The molecule has 0 radical (unpaired) electrons. The number of nitrogens with one attached hydrogen (secondary N) is 2. The van der Waals surface area contributed by atoms with Gasteiger partial charge >= 0.3 is 6.01 Å². The molecule has 0 bridgehead atoms. The van der Waals surface area contributed by atoms with Crippen LogP contribution in [0.15, 0.2) is 37.2 Å². The summed E-state index contributed by atoms with van der Waals surface area (Å²) in [7, 11) is 0. The lowest BCUT2D eigenvalue weighted by molar-refractivity contribution is -0.126. The van der Waals surface area contributed by atoms with Crippen molar-refractivity contribution in [1.29, 1.82) is 0 Å². The Hall–Kier alpha value is -4.52. The lowest BCUT2D eigenvalue weighted by Crippen LogP contribution is -2.48. The van der Waals surface area contributed by atoms with Crippen LogP contribution >= 0.6 is 11.6 Å². The number of ether oxygens (including phenoxy) is 2. The number of pyridine rings is 1. The van der Waals surface area contributed by atoms with Crippen LogP contribution < -0.4 is 19.7 Å². The molecular weight excluding hydrogens is 543 g/mol. The number of carbonyl (C=O) groups excluding carboxylic acids is 2. The largest absolute Gasteiger partial charge is 0.463 e. The Morgan fingerprint density at radius 2 is 2.08 bits per heavy atom. The van der Waals surface area contributed by atoms with Crippen LogP contribution in [0.4, 0.5) is 10.2 Å². The van der Waals surface area contributed by atoms with Crippen molar-refractivity contribution in [2.45, 2.75) is 6.42 Å². The number of nitrogens with zero attached hydrogens (tertiary/aromatic N) is 6. The van der Waals surface area contributed by atoms with Crippen molar-refractivity contribution in [2.24, 2.45) is 5.92 Å². The number of hydrogen-bond donors (Lipinski definition) is 2. The van der Waals surface area contributed by atoms with Gasteiger partial charge in [-0.2, -0.15) is 15.1 Å². The molecule has 0 spiro atoms. The van der Waals surface area contributed by atoms with Crippen LogP contribution in [0.1, 0.15) is 6.42 Å². The van der Waals surface area contributed by atoms with E-state index in [1.54, 1.807) is 11.0 Å². The van der Waals surface area contributed by atoms with Gasteiger partial charge in [0.05, 0.1) is 29.1 Å². The number of hydrogen-bond acceptors (Lipinski definition) is 9. The third-order valence-electron chi connectivity index (χ3n) is 6.91. The average molecular weight is 567 g/mol. The minimum absolute atomic E-state index is 0.0196. The van der Waals surface area contributed by atoms with Gasteiger partial charge in [-0.25, -0.2) is 9.37 Å². The van der Waals surface area contributed by atoms with E-state index < -0.39 is 5.82 Å². The van der Waals surface area contributed by atoms with E-state index in [0.29, 0.717) is 66.8 Å². The molecule has 12 nitrogen and oxygen atoms in total. The molecule has 1 atom stereocenters. The maximum atomic E-state index is 14.6. The first kappa shape index (κ1) is 25.7. The molecule has 1 aromatic carbocycles. The Kier molecular flexibility index (Phi) is 6.80. The van der Waals surface area contributed by atoms with E-state index >= 15 is 0 Å². The molecule has 2 aliphatic heterocycles. The zero-order valence-corrected chi connectivity index (χ0v) is 21.9. The van der Waals surface area contributed by atoms with Gasteiger partial charge in [-0.3, -0.25) is 14.7 Å². The monoisotopic (exact) mass is 566 g/mol. The summed E-state index contributed by atoms with van der Waals surface area (Å²) in [6.07, 6.45) is 4.68. The van der Waals surface area contributed by atoms with Crippen LogP contribution in [-0.2, 0) is 9.59 Å². The Bertz CT molecular complexity index is 1640. The van der Waals surface area contributed by atoms with Gasteiger partial charge in [-0.15, -0.1) is 0 Å². The second-order valence-electron chi connectivity index (χ2n) is 9.48. The maximum Gasteiger partial charge on any atom is 0.319 e. The lowest BCUT2D eigenvalue weighted by Gasteiger charge is -2.35. The second kappa shape index (κ2) is 10.6. The summed E-state index contributed by atoms with van der Waals surface area (Å²) < 4.78 is 26.6. The van der Waals surface area contributed by atoms with Crippen molar-refractivity contribution < 1.29 is 23.5 Å². The van der Waals surface area contributed by atoms with Crippen LogP contribution in [0.3, 0.4) is 0 Å². The Labute approximate surface area is 232 Å². The first-order valence-electron chi connectivity index (χ1n) is 12.6. The number of rotatable bonds is 7. The van der Waals surface area contributed by atoms with Gasteiger partial charge < -0.3 is 24.6 Å². The Balaban J connectivity index is 1.39. The fourth-order valence-corrected chi connectivity index (χ4v) is 5.01. The van der Waals surface area contributed by atoms with E-state index in [0.717, 1.165) is 0 Å². The number of H-pyrrole nitrogens is 1. The highest BCUT2D eigenvalue weighted by Crippen LogP contribution is 2.40. The fourth-order valence-electron chi connectivity index (χ4n) is 4.82. The Morgan fingerprint density at radius 3 is 2.83 bits per heavy atom. The molecule has 2 fully saturated rings. The number of fused-ring (bicyclic) bond motifs is 2. The number of aromatic nitrogens is 5. The molecule has 2 N–H and O–H groups in total. The molecule has 2 amide bonds. The maximum absolute atomic E-state index is 14.6. The molecule has 2 aliphatic rings. The van der Waals surface area contributed by atoms with E-state index in [4.69, 9.17) is 26.1 Å². The highest BCUT2D eigenvalue weighted by Gasteiger charge is 2.27. The minimum atomic E-state index is -0.681. The molecule has 40 heavy (non-hydrogen) atoms. The lowest BCUT2D eigenvalue weighted by atomic mass is 10.1. The molecule has 6 rings (SSSR count). The van der Waals surface area contributed by atoms with Crippen LogP contribution in [0.25, 0.3) is 21.8 Å². The van der Waals surface area contributed by atoms with Crippen molar-refractivity contribution in [1.82, 2.24) is 35.4 Å². The molecule has 2 saturated heterocycles. The van der Waals surface area contributed by atoms with E-state index in [9.17, 15) is 14.0 Å². The topological polar surface area (TPSA) is 138 Å². The van der Waals surface area contributed by atoms with E-state index in [1.807, 2.05) is 4.90 Å². The van der Waals surface area contributed by atoms with Crippen LogP contribution in [0.2, 0.25) is 5.02 Å². The van der Waals surface area contributed by atoms with Crippen molar-refractivity contribution in [3.63, 3.8) is 0 Å². The smallest absolute Gasteiger partial charge is 0.319 e. The zero-order valence-electron chi connectivity index (χ0n) is 21.2. The van der Waals surface area contributed by atoms with Gasteiger partial charge in [0.2, 0.25) is 17.7 Å². The van der Waals surface area contributed by atoms with Crippen molar-refractivity contribution >= 4 is 51.0 Å². The third kappa shape index (κ3) is 4.83. The van der Waals surface area contributed by atoms with Crippen LogP contribution in [0, 0.1) is 11.7 Å². The average Bonchev–Trinajstić information content (AvgIpc) is 3.62. The zero-order chi connectivity index (χ0) is 27.8. The predicted molar refractivity (Wildman–Crippen MR) is 144 cm³/mol. The number of halogens is 2.